The average molecular weight is 405 g/mol. The lowest BCUT2D eigenvalue weighted by atomic mass is 10.1. The molecule has 0 fully saturated rings. The molecule has 9 heteroatoms. The van der Waals surface area contributed by atoms with Gasteiger partial charge in [-0.2, -0.15) is 0 Å². The van der Waals surface area contributed by atoms with E-state index in [0.29, 0.717) is 0 Å². The number of amidine groups is 1. The number of nitrogens with two attached hydrogens (primary N) is 1. The summed E-state index contributed by atoms with van der Waals surface area (Å²) in [5.41, 5.74) is 2.36. The Hall–Kier alpha value is -2.91. The van der Waals surface area contributed by atoms with Gasteiger partial charge in [-0.1, -0.05) is 24.3 Å². The average Bonchev–Trinajstić information content (AvgIpc) is 3.24. The topological polar surface area (TPSA) is 125 Å². The number of thiophene rings is 1. The van der Waals surface area contributed by atoms with Crippen molar-refractivity contribution in [2.45, 2.75) is 26.4 Å². The number of carboxylic acids is 2. The van der Waals surface area contributed by atoms with Gasteiger partial charge in [0.2, 0.25) is 0 Å². The van der Waals surface area contributed by atoms with Crippen molar-refractivity contribution < 1.29 is 24.5 Å². The Morgan fingerprint density at radius 3 is 2.39 bits per heavy atom. The molecule has 0 atom stereocenters. The van der Waals surface area contributed by atoms with Crippen LogP contribution < -0.4 is 10.6 Å². The third-order valence-electron chi connectivity index (χ3n) is 3.65. The van der Waals surface area contributed by atoms with Gasteiger partial charge in [-0.05, 0) is 25.5 Å². The van der Waals surface area contributed by atoms with Crippen LogP contribution in [0.5, 0.6) is 5.75 Å². The predicted molar refractivity (Wildman–Crippen MR) is 107 cm³/mol. The van der Waals surface area contributed by atoms with E-state index >= 15 is 0 Å². The number of hydrogen-bond donors (Lipinski definition) is 3. The summed E-state index contributed by atoms with van der Waals surface area (Å²) in [4.78, 5) is 23.9. The summed E-state index contributed by atoms with van der Waals surface area (Å²) in [7, 11) is 0. The molecule has 1 aromatic heterocycles. The number of aliphatic imine (C=N–C) groups is 1. The number of aliphatic carboxylic acids is 2. The van der Waals surface area contributed by atoms with Crippen LogP contribution in [0, 0.1) is 0 Å². The largest absolute Gasteiger partial charge is 0.490 e. The van der Waals surface area contributed by atoms with Crippen molar-refractivity contribution in [3.05, 3.63) is 51.7 Å². The number of carboxylic acid groups (broad SMARTS) is 2. The maximum absolute atomic E-state index is 9.10. The van der Waals surface area contributed by atoms with Gasteiger partial charge in [0.15, 0.2) is 0 Å². The van der Waals surface area contributed by atoms with E-state index in [-0.39, 0.29) is 6.10 Å². The summed E-state index contributed by atoms with van der Waals surface area (Å²) in [5, 5.41) is 18.6. The number of carbonyl (C=O) groups is 2. The van der Waals surface area contributed by atoms with E-state index in [1.54, 1.807) is 16.3 Å². The standard InChI is InChI=1S/C17H21N3OS.C2H2O4/c1-12(2)21-15-10-16(22-11-15)9-13-3-5-14(6-4-13)17-19-7-8-20(17)18;3-1(4)2(5)6/h3-6,10-12H,7-9,18H2,1-2H3;(H,3,4)(H,5,6). The molecule has 0 spiro atoms. The number of ether oxygens (including phenoxy) is 1. The van der Waals surface area contributed by atoms with Gasteiger partial charge in [-0.25, -0.2) is 15.4 Å². The van der Waals surface area contributed by atoms with Crippen molar-refractivity contribution in [2.24, 2.45) is 10.8 Å². The van der Waals surface area contributed by atoms with Crippen molar-refractivity contribution in [2.75, 3.05) is 13.1 Å². The van der Waals surface area contributed by atoms with Crippen LogP contribution in [0.2, 0.25) is 0 Å². The number of nitrogens with zero attached hydrogens (tertiary/aromatic N) is 2. The zero-order chi connectivity index (χ0) is 20.7. The fraction of sp³-hybridized carbons (Fsp3) is 0.316. The molecule has 4 N–H and O–H groups in total. The Morgan fingerprint density at radius 2 is 1.89 bits per heavy atom. The highest BCUT2D eigenvalue weighted by Gasteiger charge is 2.15. The summed E-state index contributed by atoms with van der Waals surface area (Å²) in [6.07, 6.45) is 1.14. The molecular formula is C19H23N3O5S. The van der Waals surface area contributed by atoms with E-state index in [2.05, 4.69) is 40.7 Å². The Balaban J connectivity index is 0.000000409. The van der Waals surface area contributed by atoms with Crippen LogP contribution in [0.25, 0.3) is 0 Å². The zero-order valence-corrected chi connectivity index (χ0v) is 16.5. The van der Waals surface area contributed by atoms with E-state index in [9.17, 15) is 0 Å². The van der Waals surface area contributed by atoms with Crippen LogP contribution in [0.4, 0.5) is 0 Å². The summed E-state index contributed by atoms with van der Waals surface area (Å²) < 4.78 is 5.71. The molecule has 1 aromatic carbocycles. The Labute approximate surface area is 166 Å². The highest BCUT2D eigenvalue weighted by atomic mass is 32.1. The van der Waals surface area contributed by atoms with Gasteiger partial charge >= 0.3 is 11.9 Å². The minimum atomic E-state index is -1.82. The third kappa shape index (κ3) is 6.36. The first-order chi connectivity index (χ1) is 13.3. The first kappa shape index (κ1) is 21.4. The first-order valence-corrected chi connectivity index (χ1v) is 9.50. The molecule has 0 amide bonds. The fourth-order valence-electron chi connectivity index (χ4n) is 2.48. The van der Waals surface area contributed by atoms with Crippen LogP contribution in [0.3, 0.4) is 0 Å². The van der Waals surface area contributed by atoms with Crippen molar-refractivity contribution >= 4 is 29.1 Å². The van der Waals surface area contributed by atoms with Crippen LogP contribution in [0.15, 0.2) is 40.7 Å². The van der Waals surface area contributed by atoms with Gasteiger partial charge in [0.1, 0.15) is 11.6 Å². The van der Waals surface area contributed by atoms with E-state index in [1.807, 2.05) is 13.8 Å². The highest BCUT2D eigenvalue weighted by Crippen LogP contribution is 2.25. The molecule has 0 radical (unpaired) electrons. The highest BCUT2D eigenvalue weighted by molar-refractivity contribution is 7.10. The quantitative estimate of drug-likeness (QED) is 0.514. The van der Waals surface area contributed by atoms with Gasteiger partial charge < -0.3 is 14.9 Å². The minimum absolute atomic E-state index is 0.216. The van der Waals surface area contributed by atoms with E-state index in [0.717, 1.165) is 36.7 Å². The number of hydrogen-bond acceptors (Lipinski definition) is 7. The number of hydrazine groups is 1. The van der Waals surface area contributed by atoms with Crippen LogP contribution in [0.1, 0.15) is 29.9 Å². The smallest absolute Gasteiger partial charge is 0.414 e. The molecule has 0 aliphatic carbocycles. The molecule has 150 valence electrons. The van der Waals surface area contributed by atoms with Crippen molar-refractivity contribution in [1.82, 2.24) is 5.01 Å². The third-order valence-corrected chi connectivity index (χ3v) is 4.56. The van der Waals surface area contributed by atoms with Crippen molar-refractivity contribution in [3.63, 3.8) is 0 Å². The van der Waals surface area contributed by atoms with Gasteiger partial charge in [0.25, 0.3) is 0 Å². The lowest BCUT2D eigenvalue weighted by Crippen LogP contribution is -2.34. The molecule has 8 nitrogen and oxygen atoms in total. The van der Waals surface area contributed by atoms with Crippen LogP contribution in [-0.4, -0.2) is 52.2 Å². The molecule has 0 saturated carbocycles. The van der Waals surface area contributed by atoms with Gasteiger partial charge in [0.05, 0.1) is 19.2 Å². The number of rotatable bonds is 5. The first-order valence-electron chi connectivity index (χ1n) is 8.62. The van der Waals surface area contributed by atoms with Crippen LogP contribution >= 0.6 is 11.3 Å². The molecule has 2 aromatic rings. The Morgan fingerprint density at radius 1 is 1.25 bits per heavy atom. The Bertz CT molecular complexity index is 834. The summed E-state index contributed by atoms with van der Waals surface area (Å²) in [6.45, 7) is 5.66. The summed E-state index contributed by atoms with van der Waals surface area (Å²) in [5.74, 6) is 4.11. The molecule has 1 aliphatic rings. The molecular weight excluding hydrogens is 382 g/mol. The second kappa shape index (κ2) is 9.86. The van der Waals surface area contributed by atoms with Gasteiger partial charge in [-0.15, -0.1) is 11.3 Å². The number of benzene rings is 1. The lowest BCUT2D eigenvalue weighted by Gasteiger charge is -2.13. The molecule has 0 saturated heterocycles. The monoisotopic (exact) mass is 405 g/mol. The van der Waals surface area contributed by atoms with E-state index < -0.39 is 11.9 Å². The molecule has 1 aliphatic heterocycles. The molecule has 28 heavy (non-hydrogen) atoms. The minimum Gasteiger partial charge on any atom is -0.490 e. The Kier molecular flexibility index (Phi) is 7.53. The predicted octanol–water partition coefficient (Wildman–Crippen LogP) is 2.22. The van der Waals surface area contributed by atoms with Crippen molar-refractivity contribution in [3.8, 4) is 5.75 Å². The molecule has 0 unspecified atom stereocenters. The van der Waals surface area contributed by atoms with Gasteiger partial charge in [0, 0.05) is 22.2 Å². The molecule has 2 heterocycles. The van der Waals surface area contributed by atoms with Crippen LogP contribution in [-0.2, 0) is 16.0 Å². The maximum Gasteiger partial charge on any atom is 0.414 e. The summed E-state index contributed by atoms with van der Waals surface area (Å²) in [6, 6.07) is 10.6. The summed E-state index contributed by atoms with van der Waals surface area (Å²) >= 11 is 1.74. The lowest BCUT2D eigenvalue weighted by molar-refractivity contribution is -0.159. The molecule has 3 rings (SSSR count). The maximum atomic E-state index is 9.10. The van der Waals surface area contributed by atoms with E-state index in [1.165, 1.54) is 10.4 Å². The van der Waals surface area contributed by atoms with Crippen molar-refractivity contribution in [1.29, 1.82) is 0 Å². The van der Waals surface area contributed by atoms with Gasteiger partial charge in [-0.3, -0.25) is 10.0 Å². The second-order valence-corrected chi connectivity index (χ2v) is 7.29. The fourth-order valence-corrected chi connectivity index (χ4v) is 3.30. The zero-order valence-electron chi connectivity index (χ0n) is 15.7. The van der Waals surface area contributed by atoms with E-state index in [4.69, 9.17) is 30.4 Å². The SMILES string of the molecule is CC(C)Oc1csc(Cc2ccc(C3=NCCN3N)cc2)c1.O=C(O)C(=O)O. The second-order valence-electron chi connectivity index (χ2n) is 6.30. The molecule has 0 bridgehead atoms. The normalized spacial score (nSPS) is 13.0.